The molecule has 1 aromatic heterocycles. The molecule has 24 heavy (non-hydrogen) atoms. The molecule has 0 N–H and O–H groups in total. The predicted octanol–water partition coefficient (Wildman–Crippen LogP) is 3.60. The van der Waals surface area contributed by atoms with Crippen molar-refractivity contribution in [3.63, 3.8) is 0 Å². The Hall–Kier alpha value is -1.88. The van der Waals surface area contributed by atoms with E-state index in [0.29, 0.717) is 6.04 Å². The summed E-state index contributed by atoms with van der Waals surface area (Å²) in [6, 6.07) is 9.10. The quantitative estimate of drug-likeness (QED) is 0.864. The van der Waals surface area contributed by atoms with Crippen LogP contribution in [0.3, 0.4) is 0 Å². The molecule has 2 aromatic rings. The third-order valence-corrected chi connectivity index (χ3v) is 5.15. The lowest BCUT2D eigenvalue weighted by Gasteiger charge is -2.31. The first-order chi connectivity index (χ1) is 11.8. The fourth-order valence-electron chi connectivity index (χ4n) is 3.94. The number of hydrogen-bond donors (Lipinski definition) is 0. The molecule has 1 aliphatic heterocycles. The molecule has 5 heteroatoms. The van der Waals surface area contributed by atoms with Crippen molar-refractivity contribution in [3.8, 4) is 11.4 Å². The number of morpholine rings is 1. The number of hydrogen-bond acceptors (Lipinski definition) is 4. The molecule has 0 radical (unpaired) electrons. The lowest BCUT2D eigenvalue weighted by Crippen LogP contribution is -2.36. The molecular formula is C19H26N4O. The molecule has 0 unspecified atom stereocenters. The first-order valence-electron chi connectivity index (χ1n) is 9.18. The second kappa shape index (κ2) is 6.93. The van der Waals surface area contributed by atoms with Gasteiger partial charge in [-0.2, -0.15) is 5.10 Å². The van der Waals surface area contributed by atoms with Crippen molar-refractivity contribution < 1.29 is 4.74 Å². The van der Waals surface area contributed by atoms with Crippen molar-refractivity contribution in [1.82, 2.24) is 14.8 Å². The molecule has 2 aliphatic rings. The number of ether oxygens (including phenoxy) is 1. The van der Waals surface area contributed by atoms with Crippen LogP contribution in [0.1, 0.15) is 44.0 Å². The van der Waals surface area contributed by atoms with Gasteiger partial charge in [-0.05, 0) is 31.9 Å². The maximum atomic E-state index is 5.51. The Morgan fingerprint density at radius 3 is 2.58 bits per heavy atom. The van der Waals surface area contributed by atoms with Crippen LogP contribution in [0.2, 0.25) is 0 Å². The molecular weight excluding hydrogens is 300 g/mol. The van der Waals surface area contributed by atoms with Gasteiger partial charge < -0.3 is 9.64 Å². The van der Waals surface area contributed by atoms with Crippen molar-refractivity contribution in [2.75, 3.05) is 31.2 Å². The summed E-state index contributed by atoms with van der Waals surface area (Å²) in [4.78, 5) is 7.22. The third kappa shape index (κ3) is 3.05. The van der Waals surface area contributed by atoms with E-state index in [0.717, 1.165) is 38.0 Å². The Bertz CT molecular complexity index is 684. The minimum Gasteiger partial charge on any atom is -0.378 e. The number of aromatic nitrogens is 3. The van der Waals surface area contributed by atoms with E-state index in [1.807, 2.05) is 6.92 Å². The summed E-state index contributed by atoms with van der Waals surface area (Å²) in [5.41, 5.74) is 2.45. The first kappa shape index (κ1) is 15.6. The molecule has 1 saturated heterocycles. The summed E-state index contributed by atoms with van der Waals surface area (Å²) in [5.74, 6) is 1.90. The Labute approximate surface area is 143 Å². The lowest BCUT2D eigenvalue weighted by atomic mass is 9.95. The summed E-state index contributed by atoms with van der Waals surface area (Å²) in [6.07, 6.45) is 6.39. The van der Waals surface area contributed by atoms with Crippen molar-refractivity contribution in [2.45, 2.75) is 45.1 Å². The third-order valence-electron chi connectivity index (χ3n) is 5.15. The molecule has 2 heterocycles. The molecule has 1 aliphatic carbocycles. The van der Waals surface area contributed by atoms with E-state index in [-0.39, 0.29) is 0 Å². The van der Waals surface area contributed by atoms with E-state index in [1.165, 1.54) is 43.4 Å². The molecule has 0 atom stereocenters. The van der Waals surface area contributed by atoms with Crippen LogP contribution >= 0.6 is 0 Å². The number of anilines is 1. The molecule has 4 rings (SSSR count). The second-order valence-corrected chi connectivity index (χ2v) is 6.84. The Kier molecular flexibility index (Phi) is 4.52. The Morgan fingerprint density at radius 2 is 1.79 bits per heavy atom. The van der Waals surface area contributed by atoms with Crippen LogP contribution in [-0.4, -0.2) is 41.1 Å². The van der Waals surface area contributed by atoms with Crippen molar-refractivity contribution >= 4 is 5.69 Å². The minimum atomic E-state index is 0.493. The molecule has 128 valence electrons. The average molecular weight is 326 g/mol. The van der Waals surface area contributed by atoms with Crippen LogP contribution in [0.15, 0.2) is 24.3 Å². The van der Waals surface area contributed by atoms with E-state index in [2.05, 4.69) is 33.8 Å². The van der Waals surface area contributed by atoms with Crippen molar-refractivity contribution in [3.05, 3.63) is 30.1 Å². The molecule has 0 amide bonds. The van der Waals surface area contributed by atoms with Gasteiger partial charge in [0, 0.05) is 24.3 Å². The highest BCUT2D eigenvalue weighted by atomic mass is 16.5. The average Bonchev–Trinajstić information content (AvgIpc) is 3.05. The van der Waals surface area contributed by atoms with Gasteiger partial charge in [0.05, 0.1) is 19.3 Å². The lowest BCUT2D eigenvalue weighted by molar-refractivity contribution is 0.122. The fraction of sp³-hybridized carbons (Fsp3) is 0.579. The van der Waals surface area contributed by atoms with Crippen molar-refractivity contribution in [1.29, 1.82) is 0 Å². The molecule has 0 spiro atoms. The van der Waals surface area contributed by atoms with Gasteiger partial charge in [0.2, 0.25) is 0 Å². The van der Waals surface area contributed by atoms with Crippen LogP contribution in [0, 0.1) is 6.92 Å². The van der Waals surface area contributed by atoms with Crippen LogP contribution in [0.4, 0.5) is 5.69 Å². The second-order valence-electron chi connectivity index (χ2n) is 6.84. The number of nitrogens with zero attached hydrogens (tertiary/aromatic N) is 4. The topological polar surface area (TPSA) is 43.2 Å². The predicted molar refractivity (Wildman–Crippen MR) is 95.3 cm³/mol. The van der Waals surface area contributed by atoms with E-state index in [4.69, 9.17) is 14.8 Å². The molecule has 1 saturated carbocycles. The molecule has 1 aromatic carbocycles. The number of aryl methyl sites for hydroxylation is 1. The highest BCUT2D eigenvalue weighted by Gasteiger charge is 2.24. The smallest absolute Gasteiger partial charge is 0.160 e. The standard InChI is InChI=1S/C19H26N4O/c1-15-20-19(23(21-15)16-7-3-2-4-8-16)17-9-5-6-10-18(17)22-11-13-24-14-12-22/h5-6,9-10,16H,2-4,7-8,11-14H2,1H3. The summed E-state index contributed by atoms with van der Waals surface area (Å²) in [6.45, 7) is 5.46. The molecule has 2 fully saturated rings. The van der Waals surface area contributed by atoms with Crippen LogP contribution < -0.4 is 4.90 Å². The van der Waals surface area contributed by atoms with Gasteiger partial charge >= 0.3 is 0 Å². The van der Waals surface area contributed by atoms with E-state index in [9.17, 15) is 0 Å². The summed E-state index contributed by atoms with van der Waals surface area (Å²) in [7, 11) is 0. The highest BCUT2D eigenvalue weighted by molar-refractivity contribution is 5.74. The largest absolute Gasteiger partial charge is 0.378 e. The number of benzene rings is 1. The van der Waals surface area contributed by atoms with Crippen LogP contribution in [0.5, 0.6) is 0 Å². The zero-order valence-corrected chi connectivity index (χ0v) is 14.4. The molecule has 0 bridgehead atoms. The SMILES string of the molecule is Cc1nc(-c2ccccc2N2CCOCC2)n(C2CCCCC2)n1. The van der Waals surface area contributed by atoms with Gasteiger partial charge in [-0.3, -0.25) is 0 Å². The Morgan fingerprint density at radius 1 is 1.04 bits per heavy atom. The van der Waals surface area contributed by atoms with Crippen LogP contribution in [-0.2, 0) is 4.74 Å². The Balaban J connectivity index is 1.73. The first-order valence-corrected chi connectivity index (χ1v) is 9.18. The normalized spacial score (nSPS) is 19.6. The zero-order valence-electron chi connectivity index (χ0n) is 14.4. The fourth-order valence-corrected chi connectivity index (χ4v) is 3.94. The highest BCUT2D eigenvalue weighted by Crippen LogP contribution is 2.35. The van der Waals surface area contributed by atoms with Gasteiger partial charge in [0.25, 0.3) is 0 Å². The minimum absolute atomic E-state index is 0.493. The molecule has 5 nitrogen and oxygen atoms in total. The zero-order chi connectivity index (χ0) is 16.4. The number of para-hydroxylation sites is 1. The van der Waals surface area contributed by atoms with E-state index < -0.39 is 0 Å². The summed E-state index contributed by atoms with van der Waals surface area (Å²) in [5, 5.41) is 4.76. The maximum absolute atomic E-state index is 5.51. The van der Waals surface area contributed by atoms with Gasteiger partial charge in [-0.15, -0.1) is 0 Å². The van der Waals surface area contributed by atoms with Gasteiger partial charge in [-0.1, -0.05) is 31.4 Å². The summed E-state index contributed by atoms with van der Waals surface area (Å²) < 4.78 is 7.72. The number of rotatable bonds is 3. The van der Waals surface area contributed by atoms with E-state index in [1.54, 1.807) is 0 Å². The van der Waals surface area contributed by atoms with E-state index >= 15 is 0 Å². The van der Waals surface area contributed by atoms with Crippen LogP contribution in [0.25, 0.3) is 11.4 Å². The monoisotopic (exact) mass is 326 g/mol. The maximum Gasteiger partial charge on any atom is 0.160 e. The van der Waals surface area contributed by atoms with Gasteiger partial charge in [0.15, 0.2) is 5.82 Å². The van der Waals surface area contributed by atoms with Gasteiger partial charge in [-0.25, -0.2) is 9.67 Å². The van der Waals surface area contributed by atoms with Crippen molar-refractivity contribution in [2.24, 2.45) is 0 Å². The summed E-state index contributed by atoms with van der Waals surface area (Å²) >= 11 is 0. The van der Waals surface area contributed by atoms with Gasteiger partial charge in [0.1, 0.15) is 5.82 Å².